The van der Waals surface area contributed by atoms with Crippen molar-refractivity contribution >= 4 is 11.7 Å². The highest BCUT2D eigenvalue weighted by atomic mass is 19.1. The maximum atomic E-state index is 13.3. The van der Waals surface area contributed by atoms with Crippen LogP contribution in [0.2, 0.25) is 0 Å². The van der Waals surface area contributed by atoms with E-state index in [1.165, 1.54) is 12.1 Å². The average Bonchev–Trinajstić information content (AvgIpc) is 2.29. The van der Waals surface area contributed by atoms with Crippen LogP contribution in [0.3, 0.4) is 0 Å². The van der Waals surface area contributed by atoms with E-state index in [0.29, 0.717) is 0 Å². The van der Waals surface area contributed by atoms with Gasteiger partial charge in [0.05, 0.1) is 11.3 Å². The minimum Gasteiger partial charge on any atom is -0.388 e. The largest absolute Gasteiger partial charge is 0.388 e. The molecule has 0 fully saturated rings. The fourth-order valence-corrected chi connectivity index (χ4v) is 1.19. The molecule has 4 nitrogen and oxygen atoms in total. The van der Waals surface area contributed by atoms with Crippen molar-refractivity contribution in [2.75, 3.05) is 11.9 Å². The number of hydrogen-bond acceptors (Lipinski definition) is 2. The quantitative estimate of drug-likeness (QED) is 0.772. The van der Waals surface area contributed by atoms with Gasteiger partial charge in [-0.05, 0) is 25.0 Å². The molecule has 0 spiro atoms. The third-order valence-electron chi connectivity index (χ3n) is 2.97. The van der Waals surface area contributed by atoms with Crippen molar-refractivity contribution in [1.29, 1.82) is 0 Å². The van der Waals surface area contributed by atoms with Crippen molar-refractivity contribution in [3.8, 4) is 0 Å². The molecule has 1 rings (SSSR count). The molecule has 3 N–H and O–H groups in total. The number of rotatable bonds is 4. The van der Waals surface area contributed by atoms with Crippen LogP contribution in [0.25, 0.3) is 0 Å². The van der Waals surface area contributed by atoms with Gasteiger partial charge in [-0.3, -0.25) is 0 Å². The van der Waals surface area contributed by atoms with Crippen LogP contribution in [0.4, 0.5) is 14.9 Å². The lowest BCUT2D eigenvalue weighted by molar-refractivity contribution is 0.0170. The van der Waals surface area contributed by atoms with Crippen LogP contribution in [0.5, 0.6) is 0 Å². The molecule has 5 heteroatoms. The van der Waals surface area contributed by atoms with E-state index in [4.69, 9.17) is 0 Å². The van der Waals surface area contributed by atoms with E-state index >= 15 is 0 Å². The van der Waals surface area contributed by atoms with Gasteiger partial charge in [-0.25, -0.2) is 9.18 Å². The fraction of sp³-hybridized carbons (Fsp3) is 0.462. The van der Waals surface area contributed by atoms with Gasteiger partial charge in [-0.1, -0.05) is 26.0 Å². The monoisotopic (exact) mass is 254 g/mol. The van der Waals surface area contributed by atoms with Gasteiger partial charge in [0.15, 0.2) is 0 Å². The Morgan fingerprint density at radius 1 is 1.44 bits per heavy atom. The first kappa shape index (κ1) is 14.4. The molecule has 0 aliphatic heterocycles. The molecular formula is C13H19FN2O2. The number of benzene rings is 1. The maximum Gasteiger partial charge on any atom is 0.319 e. The van der Waals surface area contributed by atoms with E-state index < -0.39 is 17.4 Å². The topological polar surface area (TPSA) is 61.4 Å². The minimum absolute atomic E-state index is 0.00580. The van der Waals surface area contributed by atoms with Crippen molar-refractivity contribution in [3.63, 3.8) is 0 Å². The third-order valence-corrected chi connectivity index (χ3v) is 2.97. The number of halogens is 1. The van der Waals surface area contributed by atoms with Crippen LogP contribution >= 0.6 is 0 Å². The Morgan fingerprint density at radius 2 is 2.06 bits per heavy atom. The molecule has 0 radical (unpaired) electrons. The van der Waals surface area contributed by atoms with Crippen molar-refractivity contribution < 1.29 is 14.3 Å². The third kappa shape index (κ3) is 4.00. The number of urea groups is 1. The van der Waals surface area contributed by atoms with Crippen molar-refractivity contribution in [3.05, 3.63) is 30.1 Å². The van der Waals surface area contributed by atoms with Crippen LogP contribution in [0.15, 0.2) is 24.3 Å². The summed E-state index contributed by atoms with van der Waals surface area (Å²) in [7, 11) is 0. The zero-order valence-corrected chi connectivity index (χ0v) is 10.8. The molecule has 100 valence electrons. The predicted molar refractivity (Wildman–Crippen MR) is 68.9 cm³/mol. The van der Waals surface area contributed by atoms with Crippen LogP contribution < -0.4 is 10.6 Å². The molecule has 0 bridgehead atoms. The first-order chi connectivity index (χ1) is 8.33. The predicted octanol–water partition coefficient (Wildman–Crippen LogP) is 2.35. The summed E-state index contributed by atoms with van der Waals surface area (Å²) in [5.74, 6) is -0.491. The summed E-state index contributed by atoms with van der Waals surface area (Å²) in [5.41, 5.74) is -0.883. The van der Waals surface area contributed by atoms with Gasteiger partial charge in [-0.15, -0.1) is 0 Å². The second kappa shape index (κ2) is 5.82. The zero-order valence-electron chi connectivity index (χ0n) is 10.8. The van der Waals surface area contributed by atoms with Crippen molar-refractivity contribution in [2.45, 2.75) is 26.4 Å². The Hall–Kier alpha value is -1.62. The molecule has 0 saturated heterocycles. The standard InChI is InChI=1S/C13H19FN2O2/c1-9(2)13(3,18)8-15-12(17)16-11-7-5-4-6-10(11)14/h4-7,9,18H,8H2,1-3H3,(H2,15,16,17). The normalized spacial score (nSPS) is 14.1. The summed E-state index contributed by atoms with van der Waals surface area (Å²) in [6, 6.07) is 5.36. The fourth-order valence-electron chi connectivity index (χ4n) is 1.19. The molecule has 2 amide bonds. The van der Waals surface area contributed by atoms with E-state index in [0.717, 1.165) is 0 Å². The van der Waals surface area contributed by atoms with E-state index in [1.54, 1.807) is 19.1 Å². The Kier molecular flexibility index (Phi) is 4.67. The van der Waals surface area contributed by atoms with E-state index in [2.05, 4.69) is 10.6 Å². The summed E-state index contributed by atoms with van der Waals surface area (Å²) in [5, 5.41) is 14.8. The van der Waals surface area contributed by atoms with Gasteiger partial charge in [0.25, 0.3) is 0 Å². The summed E-state index contributed by atoms with van der Waals surface area (Å²) < 4.78 is 13.3. The Bertz CT molecular complexity index is 419. The number of hydrogen-bond donors (Lipinski definition) is 3. The first-order valence-corrected chi connectivity index (χ1v) is 5.84. The molecule has 0 saturated carbocycles. The molecule has 0 heterocycles. The number of nitrogens with one attached hydrogen (secondary N) is 2. The molecule has 0 aliphatic carbocycles. The van der Waals surface area contributed by atoms with E-state index in [-0.39, 0.29) is 18.2 Å². The molecule has 1 aromatic rings. The van der Waals surface area contributed by atoms with Gasteiger partial charge in [0.2, 0.25) is 0 Å². The molecular weight excluding hydrogens is 235 g/mol. The van der Waals surface area contributed by atoms with Gasteiger partial charge < -0.3 is 15.7 Å². The molecule has 0 aliphatic rings. The summed E-state index contributed by atoms with van der Waals surface area (Å²) in [6.07, 6.45) is 0. The van der Waals surface area contributed by atoms with Crippen LogP contribution in [0, 0.1) is 11.7 Å². The van der Waals surface area contributed by atoms with Crippen LogP contribution in [-0.2, 0) is 0 Å². The summed E-state index contributed by atoms with van der Waals surface area (Å²) in [4.78, 5) is 11.5. The molecule has 1 atom stereocenters. The van der Waals surface area contributed by atoms with Gasteiger partial charge in [0.1, 0.15) is 5.82 Å². The lowest BCUT2D eigenvalue weighted by Crippen LogP contribution is -2.45. The summed E-state index contributed by atoms with van der Waals surface area (Å²) >= 11 is 0. The van der Waals surface area contributed by atoms with Crippen molar-refractivity contribution in [2.24, 2.45) is 5.92 Å². The lowest BCUT2D eigenvalue weighted by atomic mass is 9.93. The second-order valence-corrected chi connectivity index (χ2v) is 4.80. The molecule has 0 aromatic heterocycles. The minimum atomic E-state index is -0.993. The number of carbonyl (C=O) groups is 1. The summed E-state index contributed by atoms with van der Waals surface area (Å²) in [6.45, 7) is 5.46. The number of amides is 2. The number of anilines is 1. The first-order valence-electron chi connectivity index (χ1n) is 5.84. The van der Waals surface area contributed by atoms with Crippen molar-refractivity contribution in [1.82, 2.24) is 5.32 Å². The Balaban J connectivity index is 2.51. The lowest BCUT2D eigenvalue weighted by Gasteiger charge is -2.27. The molecule has 1 aromatic carbocycles. The van der Waals surface area contributed by atoms with E-state index in [9.17, 15) is 14.3 Å². The smallest absolute Gasteiger partial charge is 0.319 e. The number of carbonyl (C=O) groups excluding carboxylic acids is 1. The van der Waals surface area contributed by atoms with Crippen LogP contribution in [-0.4, -0.2) is 23.3 Å². The highest BCUT2D eigenvalue weighted by molar-refractivity contribution is 5.89. The zero-order chi connectivity index (χ0) is 13.8. The van der Waals surface area contributed by atoms with Gasteiger partial charge in [0, 0.05) is 6.54 Å². The Morgan fingerprint density at radius 3 is 2.61 bits per heavy atom. The number of para-hydroxylation sites is 1. The second-order valence-electron chi connectivity index (χ2n) is 4.80. The molecule has 18 heavy (non-hydrogen) atoms. The van der Waals surface area contributed by atoms with Gasteiger partial charge >= 0.3 is 6.03 Å². The Labute approximate surface area is 106 Å². The molecule has 1 unspecified atom stereocenters. The SMILES string of the molecule is CC(C)C(C)(O)CNC(=O)Nc1ccccc1F. The van der Waals surface area contributed by atoms with Crippen LogP contribution in [0.1, 0.15) is 20.8 Å². The maximum absolute atomic E-state index is 13.3. The van der Waals surface area contributed by atoms with E-state index in [1.807, 2.05) is 13.8 Å². The highest BCUT2D eigenvalue weighted by Gasteiger charge is 2.25. The van der Waals surface area contributed by atoms with Gasteiger partial charge in [-0.2, -0.15) is 0 Å². The highest BCUT2D eigenvalue weighted by Crippen LogP contribution is 2.15. The number of aliphatic hydroxyl groups is 1. The average molecular weight is 254 g/mol.